The highest BCUT2D eigenvalue weighted by atomic mass is 32.2. The Balaban J connectivity index is 3.05. The number of carbonyl (C=O) groups is 1. The van der Waals surface area contributed by atoms with Gasteiger partial charge in [0.15, 0.2) is 0 Å². The fraction of sp³-hybridized carbons (Fsp3) is 0.417. The zero-order valence-electron chi connectivity index (χ0n) is 11.2. The molecule has 0 radical (unpaired) electrons. The molecule has 0 bridgehead atoms. The van der Waals surface area contributed by atoms with Crippen LogP contribution in [0.2, 0.25) is 0 Å². The number of primary sulfonamides is 1. The van der Waals surface area contributed by atoms with Crippen LogP contribution in [0.4, 0.5) is 5.69 Å². The molecule has 7 heteroatoms. The monoisotopic (exact) mass is 285 g/mol. The van der Waals surface area contributed by atoms with E-state index in [1.807, 2.05) is 6.92 Å². The van der Waals surface area contributed by atoms with Crippen molar-refractivity contribution in [2.75, 3.05) is 11.9 Å². The molecule has 1 rings (SSSR count). The molecular formula is C12H19N3O3S. The van der Waals surface area contributed by atoms with Crippen molar-refractivity contribution in [2.24, 2.45) is 5.14 Å². The van der Waals surface area contributed by atoms with Crippen LogP contribution < -0.4 is 15.8 Å². The molecule has 0 aliphatic rings. The van der Waals surface area contributed by atoms with E-state index in [9.17, 15) is 13.2 Å². The predicted molar refractivity (Wildman–Crippen MR) is 74.2 cm³/mol. The van der Waals surface area contributed by atoms with Gasteiger partial charge in [-0.1, -0.05) is 19.1 Å². The number of para-hydroxylation sites is 1. The Kier molecular flexibility index (Phi) is 4.67. The minimum atomic E-state index is -3.87. The van der Waals surface area contributed by atoms with Crippen LogP contribution in [-0.2, 0) is 14.8 Å². The van der Waals surface area contributed by atoms with E-state index in [4.69, 9.17) is 5.14 Å². The summed E-state index contributed by atoms with van der Waals surface area (Å²) >= 11 is 0. The highest BCUT2D eigenvalue weighted by molar-refractivity contribution is 7.89. The van der Waals surface area contributed by atoms with Crippen LogP contribution >= 0.6 is 0 Å². The van der Waals surface area contributed by atoms with E-state index < -0.39 is 15.6 Å². The maximum Gasteiger partial charge on any atom is 0.244 e. The molecule has 6 nitrogen and oxygen atoms in total. The van der Waals surface area contributed by atoms with Crippen molar-refractivity contribution in [1.82, 2.24) is 5.32 Å². The van der Waals surface area contributed by atoms with Crippen molar-refractivity contribution in [3.05, 3.63) is 24.3 Å². The Morgan fingerprint density at radius 3 is 2.42 bits per heavy atom. The molecule has 106 valence electrons. The Hall–Kier alpha value is -1.44. The molecule has 0 saturated carbocycles. The van der Waals surface area contributed by atoms with Gasteiger partial charge in [0, 0.05) is 0 Å². The summed E-state index contributed by atoms with van der Waals surface area (Å²) in [5.41, 5.74) is -0.624. The average molecular weight is 285 g/mol. The van der Waals surface area contributed by atoms with Gasteiger partial charge in [-0.3, -0.25) is 4.79 Å². The van der Waals surface area contributed by atoms with Crippen molar-refractivity contribution in [2.45, 2.75) is 31.2 Å². The summed E-state index contributed by atoms with van der Waals surface area (Å²) in [6, 6.07) is 6.03. The standard InChI is InChI=1S/C12H19N3O3S/c1-4-14-12(2,3)11(16)15-9-7-5-6-8-10(9)19(13,17)18/h5-8,14H,4H2,1-3H3,(H,15,16)(H2,13,17,18). The number of amides is 1. The normalized spacial score (nSPS) is 12.2. The molecule has 19 heavy (non-hydrogen) atoms. The first-order valence-electron chi connectivity index (χ1n) is 5.87. The lowest BCUT2D eigenvalue weighted by Crippen LogP contribution is -2.49. The maximum absolute atomic E-state index is 12.1. The molecule has 0 aromatic heterocycles. The zero-order valence-corrected chi connectivity index (χ0v) is 12.0. The van der Waals surface area contributed by atoms with Gasteiger partial charge in [-0.2, -0.15) is 0 Å². The summed E-state index contributed by atoms with van der Waals surface area (Å²) in [6.45, 7) is 5.93. The third-order valence-corrected chi connectivity index (χ3v) is 3.60. The van der Waals surface area contributed by atoms with Crippen LogP contribution in [0.25, 0.3) is 0 Å². The van der Waals surface area contributed by atoms with Crippen LogP contribution in [-0.4, -0.2) is 26.4 Å². The molecule has 0 fully saturated rings. The first-order chi connectivity index (χ1) is 8.68. The quantitative estimate of drug-likeness (QED) is 0.739. The summed E-state index contributed by atoms with van der Waals surface area (Å²) < 4.78 is 22.8. The average Bonchev–Trinajstić information content (AvgIpc) is 2.28. The minimum absolute atomic E-state index is 0.101. The lowest BCUT2D eigenvalue weighted by Gasteiger charge is -2.24. The van der Waals surface area contributed by atoms with Gasteiger partial charge in [-0.05, 0) is 32.5 Å². The highest BCUT2D eigenvalue weighted by Crippen LogP contribution is 2.20. The molecule has 1 aromatic rings. The topological polar surface area (TPSA) is 101 Å². The van der Waals surface area contributed by atoms with E-state index in [0.29, 0.717) is 6.54 Å². The number of hydrogen-bond donors (Lipinski definition) is 3. The second-order valence-electron chi connectivity index (χ2n) is 4.65. The Morgan fingerprint density at radius 2 is 1.89 bits per heavy atom. The molecule has 0 aliphatic heterocycles. The highest BCUT2D eigenvalue weighted by Gasteiger charge is 2.27. The van der Waals surface area contributed by atoms with E-state index >= 15 is 0 Å². The molecular weight excluding hydrogens is 266 g/mol. The number of carbonyl (C=O) groups excluding carboxylic acids is 1. The van der Waals surface area contributed by atoms with E-state index in [1.165, 1.54) is 12.1 Å². The Morgan fingerprint density at radius 1 is 1.32 bits per heavy atom. The molecule has 4 N–H and O–H groups in total. The van der Waals surface area contributed by atoms with Gasteiger partial charge in [-0.25, -0.2) is 13.6 Å². The van der Waals surface area contributed by atoms with Crippen LogP contribution in [0, 0.1) is 0 Å². The third-order valence-electron chi connectivity index (χ3n) is 2.63. The van der Waals surface area contributed by atoms with Gasteiger partial charge in [0.05, 0.1) is 11.2 Å². The molecule has 1 aromatic carbocycles. The summed E-state index contributed by atoms with van der Waals surface area (Å²) in [5.74, 6) is -0.328. The molecule has 0 saturated heterocycles. The van der Waals surface area contributed by atoms with Crippen molar-refractivity contribution in [3.8, 4) is 0 Å². The minimum Gasteiger partial charge on any atom is -0.323 e. The van der Waals surface area contributed by atoms with Crippen LogP contribution in [0.15, 0.2) is 29.2 Å². The number of nitrogens with two attached hydrogens (primary N) is 1. The fourth-order valence-electron chi connectivity index (χ4n) is 1.62. The Bertz CT molecular complexity index is 567. The molecule has 1 amide bonds. The van der Waals surface area contributed by atoms with Crippen molar-refractivity contribution in [1.29, 1.82) is 0 Å². The fourth-order valence-corrected chi connectivity index (χ4v) is 2.31. The van der Waals surface area contributed by atoms with Gasteiger partial charge in [0.1, 0.15) is 4.90 Å². The first-order valence-corrected chi connectivity index (χ1v) is 7.41. The van der Waals surface area contributed by atoms with Crippen molar-refractivity contribution < 1.29 is 13.2 Å². The number of sulfonamides is 1. The van der Waals surface area contributed by atoms with E-state index in [0.717, 1.165) is 0 Å². The summed E-state index contributed by atoms with van der Waals surface area (Å²) in [5, 5.41) is 10.7. The number of benzene rings is 1. The van der Waals surface area contributed by atoms with E-state index in [2.05, 4.69) is 10.6 Å². The smallest absolute Gasteiger partial charge is 0.244 e. The summed E-state index contributed by atoms with van der Waals surface area (Å²) in [6.07, 6.45) is 0. The number of hydrogen-bond acceptors (Lipinski definition) is 4. The SMILES string of the molecule is CCNC(C)(C)C(=O)Nc1ccccc1S(N)(=O)=O. The number of anilines is 1. The van der Waals surface area contributed by atoms with Crippen LogP contribution in [0.3, 0.4) is 0 Å². The second kappa shape index (κ2) is 5.68. The molecule has 0 aliphatic carbocycles. The van der Waals surface area contributed by atoms with Gasteiger partial charge >= 0.3 is 0 Å². The largest absolute Gasteiger partial charge is 0.323 e. The van der Waals surface area contributed by atoms with E-state index in [-0.39, 0.29) is 16.5 Å². The number of likely N-dealkylation sites (N-methyl/N-ethyl adjacent to an activating group) is 1. The van der Waals surface area contributed by atoms with E-state index in [1.54, 1.807) is 26.0 Å². The molecule has 0 heterocycles. The summed E-state index contributed by atoms with van der Waals surface area (Å²) in [4.78, 5) is 12.0. The van der Waals surface area contributed by atoms with Gasteiger partial charge in [0.2, 0.25) is 15.9 Å². The van der Waals surface area contributed by atoms with Gasteiger partial charge < -0.3 is 10.6 Å². The first kappa shape index (κ1) is 15.6. The van der Waals surface area contributed by atoms with Crippen molar-refractivity contribution in [3.63, 3.8) is 0 Å². The zero-order chi connectivity index (χ0) is 14.7. The van der Waals surface area contributed by atoms with Crippen molar-refractivity contribution >= 4 is 21.6 Å². The Labute approximate surface area is 113 Å². The predicted octanol–water partition coefficient (Wildman–Crippen LogP) is 0.661. The maximum atomic E-state index is 12.1. The second-order valence-corrected chi connectivity index (χ2v) is 6.18. The van der Waals surface area contributed by atoms with Crippen LogP contribution in [0.5, 0.6) is 0 Å². The van der Waals surface area contributed by atoms with Gasteiger partial charge in [-0.15, -0.1) is 0 Å². The van der Waals surface area contributed by atoms with Crippen LogP contribution in [0.1, 0.15) is 20.8 Å². The lowest BCUT2D eigenvalue weighted by molar-refractivity contribution is -0.121. The lowest BCUT2D eigenvalue weighted by atomic mass is 10.0. The summed E-state index contributed by atoms with van der Waals surface area (Å²) in [7, 11) is -3.87. The number of rotatable bonds is 5. The molecule has 0 spiro atoms. The number of nitrogens with one attached hydrogen (secondary N) is 2. The third kappa shape index (κ3) is 4.02. The molecule has 0 unspecified atom stereocenters. The van der Waals surface area contributed by atoms with Gasteiger partial charge in [0.25, 0.3) is 0 Å². The molecule has 0 atom stereocenters.